The third kappa shape index (κ3) is 6.15. The summed E-state index contributed by atoms with van der Waals surface area (Å²) >= 11 is 0. The second kappa shape index (κ2) is 12.0. The number of aromatic nitrogens is 1. The minimum absolute atomic E-state index is 0.00800. The van der Waals surface area contributed by atoms with E-state index in [-0.39, 0.29) is 54.0 Å². The van der Waals surface area contributed by atoms with Gasteiger partial charge in [-0.25, -0.2) is 17.3 Å². The minimum atomic E-state index is -2.46. The quantitative estimate of drug-likeness (QED) is 0.500. The molecule has 3 unspecified atom stereocenters. The molecule has 0 radical (unpaired) electrons. The number of ether oxygens (including phenoxy) is 1. The van der Waals surface area contributed by atoms with E-state index in [0.29, 0.717) is 37.3 Å². The van der Waals surface area contributed by atoms with Crippen molar-refractivity contribution < 1.29 is 27.0 Å². The zero-order valence-electron chi connectivity index (χ0n) is 22.5. The second-order valence-corrected chi connectivity index (χ2v) is 13.2. The molecule has 8 nitrogen and oxygen atoms in total. The molecule has 11 heteroatoms. The van der Waals surface area contributed by atoms with Crippen LogP contribution in [0.25, 0.3) is 0 Å². The van der Waals surface area contributed by atoms with Gasteiger partial charge in [-0.3, -0.25) is 4.79 Å². The lowest BCUT2D eigenvalue weighted by Crippen LogP contribution is -2.53. The lowest BCUT2D eigenvalue weighted by atomic mass is 9.81. The van der Waals surface area contributed by atoms with Crippen molar-refractivity contribution in [1.82, 2.24) is 20.1 Å². The number of alkyl halides is 2. The van der Waals surface area contributed by atoms with Gasteiger partial charge in [-0.1, -0.05) is 19.0 Å². The summed E-state index contributed by atoms with van der Waals surface area (Å²) in [6.07, 6.45) is 7.37. The molecule has 1 aromatic rings. The molecule has 3 aliphatic heterocycles. The first-order chi connectivity index (χ1) is 18.3. The van der Waals surface area contributed by atoms with E-state index in [1.54, 1.807) is 6.07 Å². The first-order valence-electron chi connectivity index (χ1n) is 14.5. The summed E-state index contributed by atoms with van der Waals surface area (Å²) in [5.41, 5.74) is 0.312. The first kappa shape index (κ1) is 28.1. The van der Waals surface area contributed by atoms with Crippen molar-refractivity contribution in [3.63, 3.8) is 0 Å². The summed E-state index contributed by atoms with van der Waals surface area (Å²) in [6.45, 7) is 5.88. The zero-order valence-corrected chi connectivity index (χ0v) is 23.3. The van der Waals surface area contributed by atoms with Gasteiger partial charge >= 0.3 is 0 Å². The number of carbonyl (C=O) groups excluding carboxylic acids is 1. The van der Waals surface area contributed by atoms with Crippen molar-refractivity contribution in [2.24, 2.45) is 5.92 Å². The third-order valence-electron chi connectivity index (χ3n) is 8.84. The number of amides is 1. The number of nitrogens with one attached hydrogen (secondary N) is 2. The van der Waals surface area contributed by atoms with E-state index in [1.807, 2.05) is 13.8 Å². The van der Waals surface area contributed by atoms with Crippen LogP contribution in [0.4, 0.5) is 8.78 Å². The van der Waals surface area contributed by atoms with Crippen LogP contribution in [0.5, 0.6) is 0 Å². The molecule has 1 amide bonds. The molecule has 0 spiro atoms. The maximum atomic E-state index is 13.6. The molecule has 2 N–H and O–H groups in total. The predicted octanol–water partition coefficient (Wildman–Crippen LogP) is 4.15. The molecule has 2 saturated carbocycles. The molecule has 0 aromatic carbocycles. The van der Waals surface area contributed by atoms with E-state index in [9.17, 15) is 17.8 Å². The van der Waals surface area contributed by atoms with Gasteiger partial charge in [0.05, 0.1) is 30.1 Å². The molecule has 2 bridgehead atoms. The van der Waals surface area contributed by atoms with Crippen LogP contribution in [0.1, 0.15) is 100 Å². The lowest BCUT2D eigenvalue weighted by molar-refractivity contribution is -0.109. The monoisotopic (exact) mass is 556 g/mol. The van der Waals surface area contributed by atoms with E-state index in [2.05, 4.69) is 20.1 Å². The molecule has 4 heterocycles. The lowest BCUT2D eigenvalue weighted by Gasteiger charge is -2.41. The Morgan fingerprint density at radius 2 is 1.74 bits per heavy atom. The molecule has 214 valence electrons. The molecule has 38 heavy (non-hydrogen) atoms. The van der Waals surface area contributed by atoms with E-state index < -0.39 is 16.9 Å². The number of fused-ring (bicyclic) bond motifs is 2. The van der Waals surface area contributed by atoms with Gasteiger partial charge in [-0.2, -0.15) is 0 Å². The number of nitrogens with zero attached hydrogens (tertiary/aromatic N) is 2. The number of hydrogen-bond donors (Lipinski definition) is 2. The molecule has 5 aliphatic rings. The van der Waals surface area contributed by atoms with E-state index in [0.717, 1.165) is 51.4 Å². The molecule has 5 fully saturated rings. The highest BCUT2D eigenvalue weighted by Gasteiger charge is 2.47. The van der Waals surface area contributed by atoms with Crippen molar-refractivity contribution >= 4 is 16.9 Å². The number of piperidine rings is 1. The smallest absolute Gasteiger partial charge is 0.273 e. The van der Waals surface area contributed by atoms with Crippen molar-refractivity contribution in [2.75, 3.05) is 19.8 Å². The van der Waals surface area contributed by atoms with Gasteiger partial charge in [-0.15, -0.1) is 0 Å². The van der Waals surface area contributed by atoms with Crippen molar-refractivity contribution in [1.29, 1.82) is 0 Å². The van der Waals surface area contributed by atoms with E-state index in [4.69, 9.17) is 9.26 Å². The van der Waals surface area contributed by atoms with Gasteiger partial charge in [0.2, 0.25) is 5.92 Å². The Morgan fingerprint density at radius 1 is 1.08 bits per heavy atom. The van der Waals surface area contributed by atoms with Gasteiger partial charge < -0.3 is 19.9 Å². The standard InChI is InChI=1S/C25H36F2N4O4S.C2H6/c26-25(27)10-15(11-25)12-28-17-1-5-21(6-2-17)36(33)31-19-3-4-20(31)8-18(7-19)29-24(32)22-9-23(35-30-22)16-13-34-14-16;1-2/h9,15-21,28H,1-8,10-14H2,(H,29,32);1-2H3. The Kier molecular flexibility index (Phi) is 8.86. The van der Waals surface area contributed by atoms with Gasteiger partial charge in [0.1, 0.15) is 5.76 Å². The van der Waals surface area contributed by atoms with Crippen LogP contribution in [0, 0.1) is 5.92 Å². The molecule has 1 aromatic heterocycles. The van der Waals surface area contributed by atoms with Crippen LogP contribution in [-0.2, 0) is 15.7 Å². The Bertz CT molecular complexity index is 960. The van der Waals surface area contributed by atoms with Crippen LogP contribution < -0.4 is 10.6 Å². The summed E-state index contributed by atoms with van der Waals surface area (Å²) in [6, 6.07) is 2.57. The number of hydrogen-bond acceptors (Lipinski definition) is 6. The summed E-state index contributed by atoms with van der Waals surface area (Å²) in [5.74, 6) is -1.68. The highest BCUT2D eigenvalue weighted by Crippen LogP contribution is 2.42. The number of halogens is 2. The number of rotatable bonds is 8. The van der Waals surface area contributed by atoms with Crippen LogP contribution in [0.15, 0.2) is 10.6 Å². The maximum absolute atomic E-state index is 13.6. The highest BCUT2D eigenvalue weighted by atomic mass is 32.2. The molecular formula is C27H42F2N4O4S. The van der Waals surface area contributed by atoms with E-state index in [1.165, 1.54) is 0 Å². The van der Waals surface area contributed by atoms with Crippen molar-refractivity contribution in [3.8, 4) is 0 Å². The predicted molar refractivity (Wildman–Crippen MR) is 140 cm³/mol. The molecule has 2 aliphatic carbocycles. The zero-order chi connectivity index (χ0) is 26.9. The summed E-state index contributed by atoms with van der Waals surface area (Å²) < 4.78 is 52.4. The van der Waals surface area contributed by atoms with Gasteiger partial charge in [0.15, 0.2) is 5.69 Å². The largest absolute Gasteiger partial charge is 0.380 e. The van der Waals surface area contributed by atoms with Gasteiger partial charge in [0, 0.05) is 48.3 Å². The Balaban J connectivity index is 0.00000144. The van der Waals surface area contributed by atoms with Crippen LogP contribution in [-0.4, -0.2) is 74.7 Å². The first-order valence-corrected chi connectivity index (χ1v) is 15.7. The Hall–Kier alpha value is -1.43. The van der Waals surface area contributed by atoms with Gasteiger partial charge in [-0.05, 0) is 63.8 Å². The summed E-state index contributed by atoms with van der Waals surface area (Å²) in [5, 5.41) is 10.7. The fraction of sp³-hybridized carbons (Fsp3) is 0.852. The van der Waals surface area contributed by atoms with Crippen molar-refractivity contribution in [3.05, 3.63) is 17.5 Å². The maximum Gasteiger partial charge on any atom is 0.273 e. The SMILES string of the molecule is CC.O=C(NC1CC2CCC(C1)N2S(=O)C1CCC(NCC2CC(F)(F)C2)CC1)c1cc(C2COC2)on1. The fourth-order valence-corrected chi connectivity index (χ4v) is 8.69. The minimum Gasteiger partial charge on any atom is -0.380 e. The average molecular weight is 557 g/mol. The summed E-state index contributed by atoms with van der Waals surface area (Å²) in [7, 11) is -1.02. The topological polar surface area (TPSA) is 96.7 Å². The van der Waals surface area contributed by atoms with Crippen LogP contribution >= 0.6 is 0 Å². The molecule has 3 saturated heterocycles. The fourth-order valence-electron chi connectivity index (χ4n) is 6.70. The van der Waals surface area contributed by atoms with Gasteiger partial charge in [0.25, 0.3) is 5.91 Å². The number of carbonyl (C=O) groups is 1. The summed E-state index contributed by atoms with van der Waals surface area (Å²) in [4.78, 5) is 12.8. The van der Waals surface area contributed by atoms with E-state index >= 15 is 0 Å². The second-order valence-electron chi connectivity index (χ2n) is 11.5. The molecular weight excluding hydrogens is 514 g/mol. The van der Waals surface area contributed by atoms with Crippen molar-refractivity contribution in [2.45, 2.75) is 119 Å². The third-order valence-corrected chi connectivity index (χ3v) is 10.9. The van der Waals surface area contributed by atoms with Crippen LogP contribution in [0.3, 0.4) is 0 Å². The molecule has 3 atom stereocenters. The van der Waals surface area contributed by atoms with Crippen LogP contribution in [0.2, 0.25) is 0 Å². The normalized spacial score (nSPS) is 33.9. The Labute approximate surface area is 226 Å². The molecule has 6 rings (SSSR count). The average Bonchev–Trinajstić information content (AvgIpc) is 3.44. The Morgan fingerprint density at radius 3 is 2.32 bits per heavy atom. The highest BCUT2D eigenvalue weighted by molar-refractivity contribution is 7.83.